The van der Waals surface area contributed by atoms with E-state index in [0.717, 1.165) is 60.7 Å². The first kappa shape index (κ1) is 21.5. The van der Waals surface area contributed by atoms with Crippen LogP contribution in [-0.2, 0) is 11.2 Å². The number of nitrogens with one attached hydrogen (secondary N) is 3. The van der Waals surface area contributed by atoms with Crippen LogP contribution in [0.5, 0.6) is 0 Å². The van der Waals surface area contributed by atoms with Crippen LogP contribution in [0.15, 0.2) is 54.7 Å². The number of benzene rings is 2. The average molecular weight is 423 g/mol. The number of amides is 1. The van der Waals surface area contributed by atoms with Gasteiger partial charge in [-0.1, -0.05) is 43.2 Å². The summed E-state index contributed by atoms with van der Waals surface area (Å²) in [7, 11) is 1.89. The van der Waals surface area contributed by atoms with Crippen molar-refractivity contribution in [2.75, 3.05) is 13.6 Å². The monoisotopic (exact) mass is 422 g/mol. The zero-order chi connectivity index (χ0) is 21.6. The number of nitrogens with zero attached hydrogens (tertiary/aromatic N) is 1. The van der Waals surface area contributed by atoms with Gasteiger partial charge < -0.3 is 9.88 Å². The number of fused-ring (bicyclic) bond motifs is 1. The topological polar surface area (TPSA) is 60.2 Å². The van der Waals surface area contributed by atoms with Gasteiger partial charge in [-0.25, -0.2) is 4.39 Å². The molecule has 1 aliphatic rings. The standard InChI is InChI=1S/C25H31FN4O/c1-30(25(31)15-19-17-27-23-12-5-4-11-22(19)23)13-6-2-3-10-21-16-24(29-28-21)18-8-7-9-20(26)14-18/h4-5,7-9,11-12,14,17,21,24,27-29H,2-3,6,10,13,15-16H2,1H3. The summed E-state index contributed by atoms with van der Waals surface area (Å²) in [5, 5.41) is 1.12. The van der Waals surface area contributed by atoms with E-state index in [9.17, 15) is 9.18 Å². The quantitative estimate of drug-likeness (QED) is 0.446. The second-order valence-corrected chi connectivity index (χ2v) is 8.53. The molecule has 164 valence electrons. The number of unbranched alkanes of at least 4 members (excludes halogenated alkanes) is 2. The zero-order valence-corrected chi connectivity index (χ0v) is 18.0. The highest BCUT2D eigenvalue weighted by atomic mass is 19.1. The molecule has 0 radical (unpaired) electrons. The van der Waals surface area contributed by atoms with E-state index in [1.165, 1.54) is 6.07 Å². The first-order chi connectivity index (χ1) is 15.1. The Hall–Kier alpha value is -2.70. The largest absolute Gasteiger partial charge is 0.361 e. The van der Waals surface area contributed by atoms with E-state index >= 15 is 0 Å². The van der Waals surface area contributed by atoms with E-state index in [1.54, 1.807) is 12.1 Å². The molecular weight excluding hydrogens is 391 g/mol. The number of H-pyrrole nitrogens is 1. The Morgan fingerprint density at radius 1 is 1.10 bits per heavy atom. The van der Waals surface area contributed by atoms with Gasteiger partial charge in [0, 0.05) is 42.8 Å². The van der Waals surface area contributed by atoms with Gasteiger partial charge in [0.2, 0.25) is 5.91 Å². The Labute approximate surface area is 183 Å². The van der Waals surface area contributed by atoms with Gasteiger partial charge in [0.05, 0.1) is 6.42 Å². The summed E-state index contributed by atoms with van der Waals surface area (Å²) in [6, 6.07) is 15.4. The number of para-hydroxylation sites is 1. The molecule has 1 aliphatic heterocycles. The fraction of sp³-hybridized carbons (Fsp3) is 0.400. The van der Waals surface area contributed by atoms with Crippen LogP contribution < -0.4 is 10.9 Å². The fourth-order valence-electron chi connectivity index (χ4n) is 4.37. The van der Waals surface area contributed by atoms with Crippen molar-refractivity contribution in [3.63, 3.8) is 0 Å². The van der Waals surface area contributed by atoms with Crippen LogP contribution >= 0.6 is 0 Å². The third-order valence-corrected chi connectivity index (χ3v) is 6.22. The number of likely N-dealkylation sites (N-methyl/N-ethyl adjacent to an activating group) is 1. The lowest BCUT2D eigenvalue weighted by Crippen LogP contribution is -2.31. The smallest absolute Gasteiger partial charge is 0.226 e. The SMILES string of the molecule is CN(CCCCCC1CC(c2cccc(F)c2)NN1)C(=O)Cc1c[nH]c2ccccc12. The summed E-state index contributed by atoms with van der Waals surface area (Å²) >= 11 is 0. The van der Waals surface area contributed by atoms with Gasteiger partial charge in [-0.3, -0.25) is 15.6 Å². The van der Waals surface area contributed by atoms with Crippen LogP contribution in [-0.4, -0.2) is 35.4 Å². The Balaban J connectivity index is 1.14. The Morgan fingerprint density at radius 2 is 1.97 bits per heavy atom. The molecule has 4 rings (SSSR count). The molecule has 2 unspecified atom stereocenters. The van der Waals surface area contributed by atoms with Gasteiger partial charge in [0.25, 0.3) is 0 Å². The molecular formula is C25H31FN4O. The van der Waals surface area contributed by atoms with Crippen LogP contribution in [0.4, 0.5) is 4.39 Å². The minimum Gasteiger partial charge on any atom is -0.361 e. The number of hydrogen-bond acceptors (Lipinski definition) is 3. The number of hydrogen-bond donors (Lipinski definition) is 3. The third kappa shape index (κ3) is 5.51. The molecule has 6 heteroatoms. The van der Waals surface area contributed by atoms with Crippen LogP contribution in [0.2, 0.25) is 0 Å². The van der Waals surface area contributed by atoms with Crippen LogP contribution in [0.25, 0.3) is 10.9 Å². The van der Waals surface area contributed by atoms with Crippen molar-refractivity contribution in [1.82, 2.24) is 20.7 Å². The molecule has 2 aromatic carbocycles. The molecule has 1 aromatic heterocycles. The predicted molar refractivity (Wildman–Crippen MR) is 122 cm³/mol. The zero-order valence-electron chi connectivity index (χ0n) is 18.0. The number of carbonyl (C=O) groups is 1. The van der Waals surface area contributed by atoms with Crippen molar-refractivity contribution in [3.05, 3.63) is 71.7 Å². The van der Waals surface area contributed by atoms with Crippen LogP contribution in [0.3, 0.4) is 0 Å². The van der Waals surface area contributed by atoms with Gasteiger partial charge in [-0.2, -0.15) is 0 Å². The van der Waals surface area contributed by atoms with E-state index in [2.05, 4.69) is 21.9 Å². The highest BCUT2D eigenvalue weighted by molar-refractivity contribution is 5.88. The van der Waals surface area contributed by atoms with Gasteiger partial charge in [0.15, 0.2) is 0 Å². The van der Waals surface area contributed by atoms with Gasteiger partial charge in [-0.15, -0.1) is 0 Å². The molecule has 5 nitrogen and oxygen atoms in total. The van der Waals surface area contributed by atoms with Crippen molar-refractivity contribution in [2.24, 2.45) is 0 Å². The lowest BCUT2D eigenvalue weighted by molar-refractivity contribution is -0.129. The van der Waals surface area contributed by atoms with Crippen molar-refractivity contribution >= 4 is 16.8 Å². The third-order valence-electron chi connectivity index (χ3n) is 6.22. The molecule has 0 aliphatic carbocycles. The molecule has 0 bridgehead atoms. The summed E-state index contributed by atoms with van der Waals surface area (Å²) in [5.41, 5.74) is 9.75. The van der Waals surface area contributed by atoms with Gasteiger partial charge in [0.1, 0.15) is 5.82 Å². The van der Waals surface area contributed by atoms with E-state index in [1.807, 2.05) is 42.4 Å². The maximum absolute atomic E-state index is 13.4. The van der Waals surface area contributed by atoms with Gasteiger partial charge in [-0.05, 0) is 48.6 Å². The average Bonchev–Trinajstić information content (AvgIpc) is 3.41. The lowest BCUT2D eigenvalue weighted by atomic mass is 9.99. The Morgan fingerprint density at radius 3 is 2.84 bits per heavy atom. The van der Waals surface area contributed by atoms with Crippen molar-refractivity contribution < 1.29 is 9.18 Å². The predicted octanol–water partition coefficient (Wildman–Crippen LogP) is 4.48. The second-order valence-electron chi connectivity index (χ2n) is 8.53. The molecule has 2 atom stereocenters. The number of halogens is 1. The van der Waals surface area contributed by atoms with E-state index in [0.29, 0.717) is 12.5 Å². The van der Waals surface area contributed by atoms with Crippen molar-refractivity contribution in [3.8, 4) is 0 Å². The number of carbonyl (C=O) groups excluding carboxylic acids is 1. The highest BCUT2D eigenvalue weighted by Gasteiger charge is 2.24. The summed E-state index contributed by atoms with van der Waals surface area (Å²) in [5.74, 6) is -0.0320. The first-order valence-electron chi connectivity index (χ1n) is 11.2. The van der Waals surface area contributed by atoms with Crippen LogP contribution in [0, 0.1) is 5.82 Å². The van der Waals surface area contributed by atoms with Crippen molar-refractivity contribution in [2.45, 2.75) is 50.6 Å². The molecule has 1 amide bonds. The molecule has 3 aromatic rings. The molecule has 1 fully saturated rings. The minimum absolute atomic E-state index is 0.157. The molecule has 31 heavy (non-hydrogen) atoms. The lowest BCUT2D eigenvalue weighted by Gasteiger charge is -2.17. The summed E-state index contributed by atoms with van der Waals surface area (Å²) in [6.45, 7) is 0.781. The van der Waals surface area contributed by atoms with E-state index in [-0.39, 0.29) is 17.8 Å². The number of hydrazine groups is 1. The number of aromatic amines is 1. The first-order valence-corrected chi connectivity index (χ1v) is 11.2. The molecule has 2 heterocycles. The maximum atomic E-state index is 13.4. The Kier molecular flexibility index (Phi) is 6.99. The Bertz CT molecular complexity index is 1020. The highest BCUT2D eigenvalue weighted by Crippen LogP contribution is 2.25. The summed E-state index contributed by atoms with van der Waals surface area (Å²) in [6.07, 6.45) is 7.62. The minimum atomic E-state index is -0.189. The van der Waals surface area contributed by atoms with Crippen molar-refractivity contribution in [1.29, 1.82) is 0 Å². The second kappa shape index (κ2) is 10.1. The van der Waals surface area contributed by atoms with Crippen LogP contribution in [0.1, 0.15) is 49.3 Å². The molecule has 0 spiro atoms. The normalized spacial score (nSPS) is 18.5. The van der Waals surface area contributed by atoms with E-state index < -0.39 is 0 Å². The molecule has 3 N–H and O–H groups in total. The number of aromatic nitrogens is 1. The summed E-state index contributed by atoms with van der Waals surface area (Å²) < 4.78 is 13.4. The van der Waals surface area contributed by atoms with Gasteiger partial charge >= 0.3 is 0 Å². The molecule has 0 saturated carbocycles. The van der Waals surface area contributed by atoms with E-state index in [4.69, 9.17) is 0 Å². The molecule has 1 saturated heterocycles. The number of rotatable bonds is 9. The summed E-state index contributed by atoms with van der Waals surface area (Å²) in [4.78, 5) is 17.7. The maximum Gasteiger partial charge on any atom is 0.226 e. The fourth-order valence-corrected chi connectivity index (χ4v) is 4.37.